The molecular formula is C19H19N. The standard InChI is InChI=1S/C19H19N/c20-14-15-6-8-17(9-7-15)19-12-10-18(11-13-19)16-4-2-1-3-5-16/h1-5,10-13,15,17H,6-9H2/t15-,17-. The van der Waals surface area contributed by atoms with Crippen LogP contribution in [0.25, 0.3) is 11.1 Å². The van der Waals surface area contributed by atoms with Gasteiger partial charge in [0.15, 0.2) is 0 Å². The van der Waals surface area contributed by atoms with Crippen molar-refractivity contribution in [3.05, 3.63) is 60.2 Å². The summed E-state index contributed by atoms with van der Waals surface area (Å²) in [6.07, 6.45) is 4.43. The smallest absolute Gasteiger partial charge is 0.0655 e. The number of nitrogens with zero attached hydrogens (tertiary/aromatic N) is 1. The molecule has 0 heterocycles. The zero-order valence-electron chi connectivity index (χ0n) is 11.6. The molecule has 2 aromatic rings. The van der Waals surface area contributed by atoms with Crippen molar-refractivity contribution in [2.45, 2.75) is 31.6 Å². The number of nitriles is 1. The topological polar surface area (TPSA) is 23.8 Å². The fourth-order valence-electron chi connectivity index (χ4n) is 3.13. The average Bonchev–Trinajstić information content (AvgIpc) is 2.56. The monoisotopic (exact) mass is 261 g/mol. The summed E-state index contributed by atoms with van der Waals surface area (Å²) in [5, 5.41) is 8.96. The Balaban J connectivity index is 1.73. The summed E-state index contributed by atoms with van der Waals surface area (Å²) in [4.78, 5) is 0. The molecule has 1 saturated carbocycles. The Bertz CT molecular complexity index is 584. The molecule has 2 aromatic carbocycles. The van der Waals surface area contributed by atoms with Gasteiger partial charge in [0, 0.05) is 5.92 Å². The molecule has 100 valence electrons. The highest BCUT2D eigenvalue weighted by Gasteiger charge is 2.21. The zero-order valence-corrected chi connectivity index (χ0v) is 11.6. The van der Waals surface area contributed by atoms with Gasteiger partial charge in [0.05, 0.1) is 6.07 Å². The fourth-order valence-corrected chi connectivity index (χ4v) is 3.13. The van der Waals surface area contributed by atoms with Gasteiger partial charge in [-0.05, 0) is 48.3 Å². The molecule has 0 aliphatic heterocycles. The predicted octanol–water partition coefficient (Wildman–Crippen LogP) is 5.15. The number of hydrogen-bond donors (Lipinski definition) is 0. The van der Waals surface area contributed by atoms with E-state index in [9.17, 15) is 0 Å². The lowest BCUT2D eigenvalue weighted by Gasteiger charge is -2.25. The molecule has 3 rings (SSSR count). The van der Waals surface area contributed by atoms with Gasteiger partial charge in [-0.3, -0.25) is 0 Å². The van der Waals surface area contributed by atoms with Crippen LogP contribution in [-0.4, -0.2) is 0 Å². The predicted molar refractivity (Wildman–Crippen MR) is 82.2 cm³/mol. The van der Waals surface area contributed by atoms with E-state index in [4.69, 9.17) is 5.26 Å². The van der Waals surface area contributed by atoms with E-state index in [0.29, 0.717) is 5.92 Å². The Kier molecular flexibility index (Phi) is 3.83. The second kappa shape index (κ2) is 5.92. The molecule has 1 fully saturated rings. The molecule has 0 bridgehead atoms. The van der Waals surface area contributed by atoms with Crippen molar-refractivity contribution in [1.29, 1.82) is 5.26 Å². The molecule has 0 spiro atoms. The van der Waals surface area contributed by atoms with E-state index in [2.05, 4.69) is 54.6 Å². The van der Waals surface area contributed by atoms with E-state index in [1.54, 1.807) is 0 Å². The van der Waals surface area contributed by atoms with Crippen molar-refractivity contribution >= 4 is 0 Å². The van der Waals surface area contributed by atoms with E-state index >= 15 is 0 Å². The molecule has 1 aliphatic rings. The Labute approximate surface area is 120 Å². The first-order valence-corrected chi connectivity index (χ1v) is 7.42. The third-order valence-electron chi connectivity index (χ3n) is 4.40. The molecule has 0 saturated heterocycles. The molecule has 20 heavy (non-hydrogen) atoms. The highest BCUT2D eigenvalue weighted by molar-refractivity contribution is 5.63. The first-order valence-electron chi connectivity index (χ1n) is 7.42. The van der Waals surface area contributed by atoms with Crippen molar-refractivity contribution in [2.75, 3.05) is 0 Å². The number of hydrogen-bond acceptors (Lipinski definition) is 1. The molecule has 0 atom stereocenters. The lowest BCUT2D eigenvalue weighted by atomic mass is 9.79. The molecule has 0 unspecified atom stereocenters. The molecule has 1 heteroatoms. The summed E-state index contributed by atoms with van der Waals surface area (Å²) < 4.78 is 0. The van der Waals surface area contributed by atoms with Crippen LogP contribution in [0.15, 0.2) is 54.6 Å². The first-order chi connectivity index (χ1) is 9.86. The quantitative estimate of drug-likeness (QED) is 0.733. The third-order valence-corrected chi connectivity index (χ3v) is 4.40. The molecule has 1 aliphatic carbocycles. The van der Waals surface area contributed by atoms with Crippen LogP contribution in [0.1, 0.15) is 37.2 Å². The van der Waals surface area contributed by atoms with Gasteiger partial charge in [-0.2, -0.15) is 5.26 Å². The first kappa shape index (κ1) is 12.9. The van der Waals surface area contributed by atoms with Gasteiger partial charge in [-0.1, -0.05) is 54.6 Å². The maximum absolute atomic E-state index is 8.96. The second-order valence-electron chi connectivity index (χ2n) is 5.67. The summed E-state index contributed by atoms with van der Waals surface area (Å²) in [7, 11) is 0. The summed E-state index contributed by atoms with van der Waals surface area (Å²) in [5.41, 5.74) is 3.98. The molecule has 1 nitrogen and oxygen atoms in total. The highest BCUT2D eigenvalue weighted by atomic mass is 14.3. The lowest BCUT2D eigenvalue weighted by molar-refractivity contribution is 0.382. The van der Waals surface area contributed by atoms with Crippen molar-refractivity contribution in [2.24, 2.45) is 5.92 Å². The van der Waals surface area contributed by atoms with Crippen LogP contribution in [0.5, 0.6) is 0 Å². The van der Waals surface area contributed by atoms with E-state index in [1.165, 1.54) is 16.7 Å². The van der Waals surface area contributed by atoms with Crippen molar-refractivity contribution in [1.82, 2.24) is 0 Å². The van der Waals surface area contributed by atoms with Gasteiger partial charge in [-0.15, -0.1) is 0 Å². The number of benzene rings is 2. The lowest BCUT2D eigenvalue weighted by Crippen LogP contribution is -2.11. The zero-order chi connectivity index (χ0) is 13.8. The minimum atomic E-state index is 0.287. The highest BCUT2D eigenvalue weighted by Crippen LogP contribution is 2.36. The summed E-state index contributed by atoms with van der Waals surface area (Å²) in [5.74, 6) is 0.930. The molecule has 0 amide bonds. The normalized spacial score (nSPS) is 22.1. The van der Waals surface area contributed by atoms with E-state index in [-0.39, 0.29) is 5.92 Å². The van der Waals surface area contributed by atoms with Gasteiger partial charge < -0.3 is 0 Å². The van der Waals surface area contributed by atoms with Crippen LogP contribution in [0.4, 0.5) is 0 Å². The molecule has 0 radical (unpaired) electrons. The summed E-state index contributed by atoms with van der Waals surface area (Å²) in [6.45, 7) is 0. The largest absolute Gasteiger partial charge is 0.198 e. The molecule has 0 aromatic heterocycles. The maximum atomic E-state index is 8.96. The minimum absolute atomic E-state index is 0.287. The van der Waals surface area contributed by atoms with Gasteiger partial charge >= 0.3 is 0 Å². The average molecular weight is 261 g/mol. The second-order valence-corrected chi connectivity index (χ2v) is 5.67. The molecular weight excluding hydrogens is 242 g/mol. The Hall–Kier alpha value is -2.07. The van der Waals surface area contributed by atoms with Gasteiger partial charge in [0.25, 0.3) is 0 Å². The van der Waals surface area contributed by atoms with Gasteiger partial charge in [0.1, 0.15) is 0 Å². The number of rotatable bonds is 2. The summed E-state index contributed by atoms with van der Waals surface area (Å²) in [6, 6.07) is 21.9. The molecule has 0 N–H and O–H groups in total. The van der Waals surface area contributed by atoms with Crippen LogP contribution in [-0.2, 0) is 0 Å². The van der Waals surface area contributed by atoms with Crippen molar-refractivity contribution in [3.63, 3.8) is 0 Å². The maximum Gasteiger partial charge on any atom is 0.0655 e. The summed E-state index contributed by atoms with van der Waals surface area (Å²) >= 11 is 0. The van der Waals surface area contributed by atoms with E-state index in [0.717, 1.165) is 25.7 Å². The third kappa shape index (κ3) is 2.75. The van der Waals surface area contributed by atoms with Crippen molar-refractivity contribution < 1.29 is 0 Å². The van der Waals surface area contributed by atoms with Crippen LogP contribution < -0.4 is 0 Å². The van der Waals surface area contributed by atoms with Crippen LogP contribution in [0.2, 0.25) is 0 Å². The SMILES string of the molecule is N#C[C@H]1CC[C@H](c2ccc(-c3ccccc3)cc2)CC1. The van der Waals surface area contributed by atoms with Crippen LogP contribution in [0, 0.1) is 17.2 Å². The minimum Gasteiger partial charge on any atom is -0.198 e. The van der Waals surface area contributed by atoms with Gasteiger partial charge in [-0.25, -0.2) is 0 Å². The van der Waals surface area contributed by atoms with Gasteiger partial charge in [0.2, 0.25) is 0 Å². The Morgan fingerprint density at radius 1 is 0.750 bits per heavy atom. The van der Waals surface area contributed by atoms with Crippen molar-refractivity contribution in [3.8, 4) is 17.2 Å². The van der Waals surface area contributed by atoms with E-state index in [1.807, 2.05) is 6.07 Å². The fraction of sp³-hybridized carbons (Fsp3) is 0.316. The Morgan fingerprint density at radius 2 is 1.35 bits per heavy atom. The van der Waals surface area contributed by atoms with E-state index < -0.39 is 0 Å². The van der Waals surface area contributed by atoms with Crippen LogP contribution >= 0.6 is 0 Å². The van der Waals surface area contributed by atoms with Crippen LogP contribution in [0.3, 0.4) is 0 Å². The Morgan fingerprint density at radius 3 is 1.95 bits per heavy atom.